The molecule has 2 aromatic rings. The molecule has 2 rings (SSSR count). The number of aromatic amines is 1. The van der Waals surface area contributed by atoms with Gasteiger partial charge in [-0.15, -0.1) is 10.2 Å². The Bertz CT molecular complexity index is 610. The number of halogens is 3. The molecule has 0 spiro atoms. The van der Waals surface area contributed by atoms with Crippen molar-refractivity contribution in [1.82, 2.24) is 20.2 Å². The lowest BCUT2D eigenvalue weighted by molar-refractivity contribution is -0.144. The molecule has 0 amide bonds. The lowest BCUT2D eigenvalue weighted by atomic mass is 10.1. The minimum absolute atomic E-state index is 0.0486. The number of aryl methyl sites for hydroxylation is 1. The molecule has 21 heavy (non-hydrogen) atoms. The van der Waals surface area contributed by atoms with E-state index in [1.54, 1.807) is 6.07 Å². The smallest absolute Gasteiger partial charge is 0.381 e. The van der Waals surface area contributed by atoms with Gasteiger partial charge >= 0.3 is 6.18 Å². The number of rotatable bonds is 5. The number of pyridine rings is 1. The van der Waals surface area contributed by atoms with Crippen molar-refractivity contribution in [3.63, 3.8) is 0 Å². The van der Waals surface area contributed by atoms with E-state index in [2.05, 4.69) is 20.2 Å². The van der Waals surface area contributed by atoms with Crippen molar-refractivity contribution < 1.29 is 17.9 Å². The highest BCUT2D eigenvalue weighted by atomic mass is 19.4. The molecule has 0 aliphatic carbocycles. The van der Waals surface area contributed by atoms with Crippen molar-refractivity contribution >= 4 is 0 Å². The highest BCUT2D eigenvalue weighted by Gasteiger charge is 2.35. The van der Waals surface area contributed by atoms with Crippen molar-refractivity contribution in [2.24, 2.45) is 0 Å². The lowest BCUT2D eigenvalue weighted by Gasteiger charge is -2.07. The van der Waals surface area contributed by atoms with Gasteiger partial charge in [-0.05, 0) is 31.9 Å². The molecule has 0 unspecified atom stereocenters. The van der Waals surface area contributed by atoms with Gasteiger partial charge in [0.25, 0.3) is 0 Å². The number of nitrogens with zero attached hydrogens (tertiary/aromatic N) is 3. The molecule has 114 valence electrons. The molecule has 0 bridgehead atoms. The molecule has 0 saturated heterocycles. The fraction of sp³-hybridized carbons (Fsp3) is 0.462. The third kappa shape index (κ3) is 3.78. The Kier molecular flexibility index (Phi) is 4.56. The summed E-state index contributed by atoms with van der Waals surface area (Å²) in [5.41, 5.74) is 2.19. The molecule has 0 radical (unpaired) electrons. The Morgan fingerprint density at radius 1 is 1.29 bits per heavy atom. The summed E-state index contributed by atoms with van der Waals surface area (Å²) in [5.74, 6) is -1.07. The molecule has 0 aliphatic heterocycles. The van der Waals surface area contributed by atoms with Gasteiger partial charge in [-0.1, -0.05) is 0 Å². The third-order valence-corrected chi connectivity index (χ3v) is 2.94. The van der Waals surface area contributed by atoms with E-state index < -0.39 is 12.0 Å². The minimum atomic E-state index is -4.54. The maximum absolute atomic E-state index is 12.5. The van der Waals surface area contributed by atoms with E-state index in [0.29, 0.717) is 25.2 Å². The zero-order chi connectivity index (χ0) is 15.5. The number of H-pyrrole nitrogens is 1. The predicted molar refractivity (Wildman–Crippen MR) is 69.5 cm³/mol. The number of ether oxygens (including phenoxy) is 1. The Morgan fingerprint density at radius 3 is 2.67 bits per heavy atom. The number of alkyl halides is 3. The number of hydrogen-bond donors (Lipinski definition) is 1. The van der Waals surface area contributed by atoms with Crippen LogP contribution in [-0.4, -0.2) is 33.4 Å². The summed E-state index contributed by atoms with van der Waals surface area (Å²) in [6.07, 6.45) is -2.43. The minimum Gasteiger partial charge on any atom is -0.381 e. The highest BCUT2D eigenvalue weighted by Crippen LogP contribution is 2.27. The van der Waals surface area contributed by atoms with Crippen molar-refractivity contribution in [3.05, 3.63) is 29.3 Å². The average molecular weight is 300 g/mol. The van der Waals surface area contributed by atoms with Gasteiger partial charge in [-0.25, -0.2) is 0 Å². The van der Waals surface area contributed by atoms with Gasteiger partial charge in [-0.2, -0.15) is 13.2 Å². The first-order valence-electron chi connectivity index (χ1n) is 6.45. The van der Waals surface area contributed by atoms with Gasteiger partial charge in [0.1, 0.15) is 0 Å². The second kappa shape index (κ2) is 6.21. The van der Waals surface area contributed by atoms with Crippen molar-refractivity contribution in [2.45, 2.75) is 26.4 Å². The Hall–Kier alpha value is -1.96. The van der Waals surface area contributed by atoms with E-state index in [0.717, 1.165) is 11.3 Å². The fourth-order valence-electron chi connectivity index (χ4n) is 1.81. The van der Waals surface area contributed by atoms with Crippen LogP contribution in [0.3, 0.4) is 0 Å². The number of hydrogen-bond acceptors (Lipinski definition) is 4. The molecule has 2 heterocycles. The Morgan fingerprint density at radius 2 is 2.05 bits per heavy atom. The molecule has 1 N–H and O–H groups in total. The summed E-state index contributed by atoms with van der Waals surface area (Å²) >= 11 is 0. The first kappa shape index (κ1) is 15.4. The first-order chi connectivity index (χ1) is 9.91. The maximum Gasteiger partial charge on any atom is 0.451 e. The monoisotopic (exact) mass is 300 g/mol. The summed E-state index contributed by atoms with van der Waals surface area (Å²) in [7, 11) is 0. The number of nitrogens with one attached hydrogen (secondary N) is 1. The predicted octanol–water partition coefficient (Wildman–Crippen LogP) is 2.77. The SMILES string of the molecule is CCOCCc1cc(-c2nnc(C(F)(F)F)[nH]2)cnc1C. The van der Waals surface area contributed by atoms with Crippen LogP contribution in [0.1, 0.15) is 24.0 Å². The molecular weight excluding hydrogens is 285 g/mol. The second-order valence-electron chi connectivity index (χ2n) is 4.44. The van der Waals surface area contributed by atoms with E-state index in [9.17, 15) is 13.2 Å². The van der Waals surface area contributed by atoms with Crippen molar-refractivity contribution in [1.29, 1.82) is 0 Å². The summed E-state index contributed by atoms with van der Waals surface area (Å²) in [6, 6.07) is 1.75. The molecule has 8 heteroatoms. The van der Waals surface area contributed by atoms with Crippen LogP contribution >= 0.6 is 0 Å². The van der Waals surface area contributed by atoms with Crippen LogP contribution in [0.5, 0.6) is 0 Å². The van der Waals surface area contributed by atoms with E-state index in [4.69, 9.17) is 4.74 Å². The summed E-state index contributed by atoms with van der Waals surface area (Å²) in [5, 5.41) is 6.63. The van der Waals surface area contributed by atoms with Gasteiger partial charge in [0, 0.05) is 24.1 Å². The van der Waals surface area contributed by atoms with E-state index in [-0.39, 0.29) is 5.82 Å². The number of aromatic nitrogens is 4. The normalized spacial score (nSPS) is 11.9. The molecule has 2 aromatic heterocycles. The molecular formula is C13H15F3N4O. The van der Waals surface area contributed by atoms with Crippen LogP contribution in [0.15, 0.2) is 12.3 Å². The zero-order valence-corrected chi connectivity index (χ0v) is 11.7. The molecule has 5 nitrogen and oxygen atoms in total. The van der Waals surface area contributed by atoms with Gasteiger partial charge in [0.2, 0.25) is 5.82 Å². The second-order valence-corrected chi connectivity index (χ2v) is 4.44. The van der Waals surface area contributed by atoms with Crippen LogP contribution < -0.4 is 0 Å². The molecule has 0 saturated carbocycles. The standard InChI is InChI=1S/C13H15F3N4O/c1-3-21-5-4-9-6-10(7-17-8(9)2)11-18-12(20-19-11)13(14,15)16/h6-7H,3-5H2,1-2H3,(H,18,19,20). The van der Waals surface area contributed by atoms with Gasteiger partial charge in [0.15, 0.2) is 5.82 Å². The fourth-order valence-corrected chi connectivity index (χ4v) is 1.81. The van der Waals surface area contributed by atoms with Crippen LogP contribution in [-0.2, 0) is 17.3 Å². The van der Waals surface area contributed by atoms with E-state index >= 15 is 0 Å². The lowest BCUT2D eigenvalue weighted by Crippen LogP contribution is -2.07. The van der Waals surface area contributed by atoms with E-state index in [1.165, 1.54) is 6.20 Å². The quantitative estimate of drug-likeness (QED) is 0.862. The summed E-state index contributed by atoms with van der Waals surface area (Å²) in [4.78, 5) is 6.35. The molecule has 0 aromatic carbocycles. The zero-order valence-electron chi connectivity index (χ0n) is 11.7. The van der Waals surface area contributed by atoms with E-state index in [1.807, 2.05) is 13.8 Å². The molecule has 0 aliphatic rings. The van der Waals surface area contributed by atoms with Gasteiger partial charge in [0.05, 0.1) is 6.61 Å². The van der Waals surface area contributed by atoms with Crippen LogP contribution in [0.25, 0.3) is 11.4 Å². The summed E-state index contributed by atoms with van der Waals surface area (Å²) < 4.78 is 42.8. The van der Waals surface area contributed by atoms with Crippen molar-refractivity contribution in [2.75, 3.05) is 13.2 Å². The first-order valence-corrected chi connectivity index (χ1v) is 6.45. The van der Waals surface area contributed by atoms with Crippen LogP contribution in [0.4, 0.5) is 13.2 Å². The Balaban J connectivity index is 2.24. The largest absolute Gasteiger partial charge is 0.451 e. The van der Waals surface area contributed by atoms with Crippen molar-refractivity contribution in [3.8, 4) is 11.4 Å². The van der Waals surface area contributed by atoms with Gasteiger partial charge in [-0.3, -0.25) is 4.98 Å². The maximum atomic E-state index is 12.5. The Labute approximate surface area is 119 Å². The van der Waals surface area contributed by atoms with Crippen LogP contribution in [0.2, 0.25) is 0 Å². The third-order valence-electron chi connectivity index (χ3n) is 2.94. The van der Waals surface area contributed by atoms with Gasteiger partial charge < -0.3 is 9.72 Å². The highest BCUT2D eigenvalue weighted by molar-refractivity contribution is 5.55. The topological polar surface area (TPSA) is 63.7 Å². The molecule has 0 atom stereocenters. The van der Waals surface area contributed by atoms with Crippen LogP contribution in [0, 0.1) is 6.92 Å². The average Bonchev–Trinajstić information content (AvgIpc) is 2.91. The molecule has 0 fully saturated rings. The summed E-state index contributed by atoms with van der Waals surface area (Å²) in [6.45, 7) is 4.89.